The lowest BCUT2D eigenvalue weighted by molar-refractivity contribution is -0.113. The molecule has 7 heteroatoms. The number of hydrogen-bond donors (Lipinski definition) is 1. The summed E-state index contributed by atoms with van der Waals surface area (Å²) in [4.78, 5) is 30.5. The van der Waals surface area contributed by atoms with Crippen LogP contribution in [0.4, 0.5) is 5.69 Å². The first-order chi connectivity index (χ1) is 14.9. The number of nitrogens with zero attached hydrogens (tertiary/aromatic N) is 2. The Balaban J connectivity index is 1.68. The van der Waals surface area contributed by atoms with E-state index in [4.69, 9.17) is 4.98 Å². The van der Waals surface area contributed by atoms with Crippen LogP contribution in [0.1, 0.15) is 11.1 Å². The van der Waals surface area contributed by atoms with Crippen molar-refractivity contribution in [3.8, 4) is 5.69 Å². The van der Waals surface area contributed by atoms with E-state index in [2.05, 4.69) is 27.9 Å². The van der Waals surface area contributed by atoms with E-state index in [1.807, 2.05) is 74.5 Å². The molecule has 0 radical (unpaired) electrons. The molecule has 4 rings (SSSR count). The molecule has 156 valence electrons. The molecule has 1 aromatic heterocycles. The van der Waals surface area contributed by atoms with E-state index in [-0.39, 0.29) is 17.2 Å². The van der Waals surface area contributed by atoms with Crippen molar-refractivity contribution in [2.75, 3.05) is 11.1 Å². The van der Waals surface area contributed by atoms with Gasteiger partial charge < -0.3 is 5.32 Å². The van der Waals surface area contributed by atoms with E-state index in [0.29, 0.717) is 16.1 Å². The van der Waals surface area contributed by atoms with Crippen molar-refractivity contribution in [2.45, 2.75) is 19.0 Å². The highest BCUT2D eigenvalue weighted by molar-refractivity contribution is 14.1. The third-order valence-corrected chi connectivity index (χ3v) is 6.61. The van der Waals surface area contributed by atoms with Gasteiger partial charge in [0.25, 0.3) is 5.56 Å². The third kappa shape index (κ3) is 4.83. The first-order valence-corrected chi connectivity index (χ1v) is 11.8. The van der Waals surface area contributed by atoms with Crippen LogP contribution in [0.5, 0.6) is 0 Å². The Hall–Kier alpha value is -2.65. The second-order valence-electron chi connectivity index (χ2n) is 7.16. The SMILES string of the molecule is Cc1ccc(-n2c(SCC(=O)Nc3ccc(I)cc3)nc3ccccc3c2=O)cc1C. The minimum absolute atomic E-state index is 0.140. The summed E-state index contributed by atoms with van der Waals surface area (Å²) in [6.45, 7) is 4.05. The highest BCUT2D eigenvalue weighted by atomic mass is 127. The quantitative estimate of drug-likeness (QED) is 0.211. The maximum Gasteiger partial charge on any atom is 0.266 e. The van der Waals surface area contributed by atoms with E-state index >= 15 is 0 Å². The van der Waals surface area contributed by atoms with Gasteiger partial charge in [-0.05, 0) is 96.1 Å². The van der Waals surface area contributed by atoms with Gasteiger partial charge in [-0.2, -0.15) is 0 Å². The average Bonchev–Trinajstić information content (AvgIpc) is 2.76. The predicted molar refractivity (Wildman–Crippen MR) is 135 cm³/mol. The van der Waals surface area contributed by atoms with E-state index < -0.39 is 0 Å². The molecule has 0 fully saturated rings. The summed E-state index contributed by atoms with van der Waals surface area (Å²) >= 11 is 3.47. The molecule has 3 aromatic carbocycles. The number of carbonyl (C=O) groups excluding carboxylic acids is 1. The van der Waals surface area contributed by atoms with Crippen LogP contribution in [0.25, 0.3) is 16.6 Å². The molecule has 0 unspecified atom stereocenters. The normalized spacial score (nSPS) is 10.9. The van der Waals surface area contributed by atoms with Gasteiger partial charge in [0, 0.05) is 9.26 Å². The standard InChI is InChI=1S/C24H20IN3O2S/c1-15-7-12-19(13-16(15)2)28-23(30)20-5-3-4-6-21(20)27-24(28)31-14-22(29)26-18-10-8-17(25)9-11-18/h3-13H,14H2,1-2H3,(H,26,29). The summed E-state index contributed by atoms with van der Waals surface area (Å²) in [5.74, 6) is -0.0121. The van der Waals surface area contributed by atoms with Gasteiger partial charge in [0.05, 0.1) is 22.3 Å². The van der Waals surface area contributed by atoms with Crippen LogP contribution in [0.15, 0.2) is 76.7 Å². The average molecular weight is 541 g/mol. The number of para-hydroxylation sites is 1. The van der Waals surface area contributed by atoms with Crippen LogP contribution in [-0.4, -0.2) is 21.2 Å². The second-order valence-corrected chi connectivity index (χ2v) is 9.35. The van der Waals surface area contributed by atoms with Crippen LogP contribution in [0.2, 0.25) is 0 Å². The highest BCUT2D eigenvalue weighted by Crippen LogP contribution is 2.23. The van der Waals surface area contributed by atoms with Gasteiger partial charge in [-0.25, -0.2) is 4.98 Å². The van der Waals surface area contributed by atoms with E-state index in [1.165, 1.54) is 11.8 Å². The van der Waals surface area contributed by atoms with Crippen LogP contribution in [0.3, 0.4) is 0 Å². The van der Waals surface area contributed by atoms with Crippen LogP contribution in [0, 0.1) is 17.4 Å². The molecule has 31 heavy (non-hydrogen) atoms. The van der Waals surface area contributed by atoms with Gasteiger partial charge in [0.15, 0.2) is 5.16 Å². The fraction of sp³-hybridized carbons (Fsp3) is 0.125. The fourth-order valence-corrected chi connectivity index (χ4v) is 4.33. The molecular formula is C24H20IN3O2S. The van der Waals surface area contributed by atoms with Gasteiger partial charge in [0.2, 0.25) is 5.91 Å². The number of aryl methyl sites for hydroxylation is 2. The summed E-state index contributed by atoms with van der Waals surface area (Å²) in [6, 6.07) is 20.8. The van der Waals surface area contributed by atoms with Gasteiger partial charge in [-0.15, -0.1) is 0 Å². The largest absolute Gasteiger partial charge is 0.325 e. The lowest BCUT2D eigenvalue weighted by Crippen LogP contribution is -2.23. The minimum atomic E-state index is -0.153. The van der Waals surface area contributed by atoms with Crippen LogP contribution >= 0.6 is 34.4 Å². The fourth-order valence-electron chi connectivity index (χ4n) is 3.16. The number of rotatable bonds is 5. The third-order valence-electron chi connectivity index (χ3n) is 4.95. The summed E-state index contributed by atoms with van der Waals surface area (Å²) in [5.41, 5.74) is 4.19. The van der Waals surface area contributed by atoms with Crippen LogP contribution < -0.4 is 10.9 Å². The Bertz CT molecular complexity index is 1330. The Morgan fingerprint density at radius 2 is 1.77 bits per heavy atom. The van der Waals surface area contributed by atoms with Gasteiger partial charge in [-0.1, -0.05) is 30.0 Å². The summed E-state index contributed by atoms with van der Waals surface area (Å²) < 4.78 is 2.69. The van der Waals surface area contributed by atoms with Crippen molar-refractivity contribution in [1.29, 1.82) is 0 Å². The molecule has 0 saturated carbocycles. The Kier molecular flexibility index (Phi) is 6.43. The summed E-state index contributed by atoms with van der Waals surface area (Å²) in [7, 11) is 0. The number of hydrogen-bond acceptors (Lipinski definition) is 4. The number of benzene rings is 3. The molecule has 0 aliphatic heterocycles. The monoisotopic (exact) mass is 541 g/mol. The first-order valence-electron chi connectivity index (χ1n) is 9.70. The molecule has 1 N–H and O–H groups in total. The second kappa shape index (κ2) is 9.23. The maximum atomic E-state index is 13.3. The molecule has 5 nitrogen and oxygen atoms in total. The molecule has 0 spiro atoms. The number of amides is 1. The number of carbonyl (C=O) groups is 1. The van der Waals surface area contributed by atoms with Gasteiger partial charge in [-0.3, -0.25) is 14.2 Å². The van der Waals surface area contributed by atoms with Gasteiger partial charge >= 0.3 is 0 Å². The van der Waals surface area contributed by atoms with E-state index in [0.717, 1.165) is 26.1 Å². The van der Waals surface area contributed by atoms with Crippen molar-refractivity contribution in [3.63, 3.8) is 0 Å². The molecule has 0 aliphatic rings. The number of halogens is 1. The predicted octanol–water partition coefficient (Wildman–Crippen LogP) is 5.34. The first kappa shape index (κ1) is 21.6. The van der Waals surface area contributed by atoms with Gasteiger partial charge in [0.1, 0.15) is 0 Å². The number of nitrogens with one attached hydrogen (secondary N) is 1. The molecule has 0 saturated heterocycles. The molecule has 0 aliphatic carbocycles. The Morgan fingerprint density at radius 1 is 1.03 bits per heavy atom. The highest BCUT2D eigenvalue weighted by Gasteiger charge is 2.15. The summed E-state index contributed by atoms with van der Waals surface area (Å²) in [5, 5.41) is 3.93. The molecule has 1 heterocycles. The van der Waals surface area contributed by atoms with Crippen molar-refractivity contribution >= 4 is 56.9 Å². The number of anilines is 1. The maximum absolute atomic E-state index is 13.3. The topological polar surface area (TPSA) is 64.0 Å². The zero-order valence-electron chi connectivity index (χ0n) is 17.1. The number of fused-ring (bicyclic) bond motifs is 1. The Labute approximate surface area is 198 Å². The summed E-state index contributed by atoms with van der Waals surface area (Å²) in [6.07, 6.45) is 0. The van der Waals surface area contributed by atoms with Crippen molar-refractivity contribution in [1.82, 2.24) is 9.55 Å². The van der Waals surface area contributed by atoms with E-state index in [1.54, 1.807) is 10.6 Å². The van der Waals surface area contributed by atoms with Crippen molar-refractivity contribution in [2.24, 2.45) is 0 Å². The minimum Gasteiger partial charge on any atom is -0.325 e. The number of aromatic nitrogens is 2. The molecule has 0 atom stereocenters. The molecule has 1 amide bonds. The van der Waals surface area contributed by atoms with Crippen molar-refractivity contribution in [3.05, 3.63) is 91.8 Å². The zero-order valence-corrected chi connectivity index (χ0v) is 20.0. The zero-order chi connectivity index (χ0) is 22.0. The van der Waals surface area contributed by atoms with Crippen LogP contribution in [-0.2, 0) is 4.79 Å². The lowest BCUT2D eigenvalue weighted by atomic mass is 10.1. The smallest absolute Gasteiger partial charge is 0.266 e. The Morgan fingerprint density at radius 3 is 2.52 bits per heavy atom. The van der Waals surface area contributed by atoms with Crippen molar-refractivity contribution < 1.29 is 4.79 Å². The lowest BCUT2D eigenvalue weighted by Gasteiger charge is -2.14. The van der Waals surface area contributed by atoms with E-state index in [9.17, 15) is 9.59 Å². The number of thioether (sulfide) groups is 1. The molecule has 0 bridgehead atoms. The molecular weight excluding hydrogens is 521 g/mol. The molecule has 4 aromatic rings.